The van der Waals surface area contributed by atoms with Crippen LogP contribution in [-0.4, -0.2) is 27.3 Å². The number of H-pyrrole nitrogens is 1. The molecule has 0 aliphatic carbocycles. The van der Waals surface area contributed by atoms with Gasteiger partial charge in [0.15, 0.2) is 0 Å². The number of carbonyl (C=O) groups is 1. The van der Waals surface area contributed by atoms with Gasteiger partial charge >= 0.3 is 0 Å². The summed E-state index contributed by atoms with van der Waals surface area (Å²) in [6.07, 6.45) is 4.80. The van der Waals surface area contributed by atoms with Crippen molar-refractivity contribution in [3.8, 4) is 0 Å². The molecule has 3 rings (SSSR count). The Hall–Kier alpha value is -1.62. The predicted octanol–water partition coefficient (Wildman–Crippen LogP) is 3.01. The molecule has 1 N–H and O–H groups in total. The highest BCUT2D eigenvalue weighted by Gasteiger charge is 2.32. The third-order valence-electron chi connectivity index (χ3n) is 3.61. The van der Waals surface area contributed by atoms with E-state index in [1.54, 1.807) is 11.3 Å². The zero-order chi connectivity index (χ0) is 13.2. The highest BCUT2D eigenvalue weighted by atomic mass is 32.1. The van der Waals surface area contributed by atoms with Crippen molar-refractivity contribution >= 4 is 17.2 Å². The number of aromatic amines is 1. The van der Waals surface area contributed by atoms with E-state index in [2.05, 4.69) is 16.9 Å². The number of carbonyl (C=O) groups excluding carboxylic acids is 1. The molecule has 2 aromatic rings. The first kappa shape index (κ1) is 12.4. The quantitative estimate of drug-likeness (QED) is 0.936. The highest BCUT2D eigenvalue weighted by molar-refractivity contribution is 7.09. The lowest BCUT2D eigenvalue weighted by atomic mass is 10.2. The summed E-state index contributed by atoms with van der Waals surface area (Å²) >= 11 is 1.63. The first-order valence-electron chi connectivity index (χ1n) is 6.68. The van der Waals surface area contributed by atoms with E-state index < -0.39 is 0 Å². The lowest BCUT2D eigenvalue weighted by Gasteiger charge is -2.22. The number of amides is 1. The number of thiazole rings is 1. The van der Waals surface area contributed by atoms with E-state index >= 15 is 0 Å². The number of nitrogens with one attached hydrogen (secondary N) is 1. The van der Waals surface area contributed by atoms with Crippen LogP contribution < -0.4 is 0 Å². The Bertz CT molecular complexity index is 561. The van der Waals surface area contributed by atoms with Gasteiger partial charge in [-0.3, -0.25) is 4.79 Å². The van der Waals surface area contributed by atoms with Crippen LogP contribution in [0.5, 0.6) is 0 Å². The Kier molecular flexibility index (Phi) is 3.38. The van der Waals surface area contributed by atoms with Crippen molar-refractivity contribution < 1.29 is 4.79 Å². The highest BCUT2D eigenvalue weighted by Crippen LogP contribution is 2.33. The van der Waals surface area contributed by atoms with Gasteiger partial charge in [0.05, 0.1) is 6.04 Å². The molecule has 19 heavy (non-hydrogen) atoms. The average molecular weight is 275 g/mol. The average Bonchev–Trinajstić information content (AvgIpc) is 3.16. The number of hydrogen-bond donors (Lipinski definition) is 1. The number of aryl methyl sites for hydroxylation is 1. The summed E-state index contributed by atoms with van der Waals surface area (Å²) in [5.41, 5.74) is 1.80. The fourth-order valence-electron chi connectivity index (χ4n) is 2.59. The standard InChI is InChI=1S/C14H17N3OS/c1-2-10-5-6-11(16-10)14(18)17-8-3-4-12(17)13-15-7-9-19-13/h5-7,9,12,16H,2-4,8H2,1H3. The molecule has 0 aromatic carbocycles. The summed E-state index contributed by atoms with van der Waals surface area (Å²) in [5, 5.41) is 3.02. The number of aromatic nitrogens is 2. The second-order valence-corrected chi connectivity index (χ2v) is 5.70. The summed E-state index contributed by atoms with van der Waals surface area (Å²) in [5.74, 6) is 0.0948. The Morgan fingerprint density at radius 1 is 1.58 bits per heavy atom. The Balaban J connectivity index is 1.82. The molecule has 1 saturated heterocycles. The smallest absolute Gasteiger partial charge is 0.270 e. The molecule has 1 aliphatic heterocycles. The van der Waals surface area contributed by atoms with Crippen molar-refractivity contribution in [1.82, 2.24) is 14.9 Å². The van der Waals surface area contributed by atoms with E-state index in [0.717, 1.165) is 36.5 Å². The molecule has 5 heteroatoms. The molecule has 3 heterocycles. The number of hydrogen-bond acceptors (Lipinski definition) is 3. The van der Waals surface area contributed by atoms with E-state index in [1.165, 1.54) is 0 Å². The lowest BCUT2D eigenvalue weighted by Crippen LogP contribution is -2.30. The first-order valence-corrected chi connectivity index (χ1v) is 7.56. The molecule has 2 aromatic heterocycles. The van der Waals surface area contributed by atoms with Gasteiger partial charge in [-0.25, -0.2) is 4.98 Å². The molecule has 0 bridgehead atoms. The molecule has 0 radical (unpaired) electrons. The molecule has 1 atom stereocenters. The van der Waals surface area contributed by atoms with Crippen LogP contribution in [0.4, 0.5) is 0 Å². The topological polar surface area (TPSA) is 49.0 Å². The third kappa shape index (κ3) is 2.30. The Morgan fingerprint density at radius 3 is 3.16 bits per heavy atom. The number of likely N-dealkylation sites (tertiary alicyclic amines) is 1. The second kappa shape index (κ2) is 5.17. The minimum atomic E-state index is 0.0948. The maximum Gasteiger partial charge on any atom is 0.270 e. The Morgan fingerprint density at radius 2 is 2.47 bits per heavy atom. The fraction of sp³-hybridized carbons (Fsp3) is 0.429. The van der Waals surface area contributed by atoms with Gasteiger partial charge in [-0.1, -0.05) is 6.92 Å². The molecule has 1 amide bonds. The minimum absolute atomic E-state index is 0.0948. The summed E-state index contributed by atoms with van der Waals surface area (Å²) < 4.78 is 0. The van der Waals surface area contributed by atoms with Gasteiger partial charge in [-0.15, -0.1) is 11.3 Å². The molecule has 1 aliphatic rings. The number of rotatable bonds is 3. The van der Waals surface area contributed by atoms with Crippen LogP contribution in [0.15, 0.2) is 23.7 Å². The lowest BCUT2D eigenvalue weighted by molar-refractivity contribution is 0.0730. The van der Waals surface area contributed by atoms with Crippen LogP contribution in [0, 0.1) is 0 Å². The molecule has 1 unspecified atom stereocenters. The second-order valence-electron chi connectivity index (χ2n) is 4.78. The summed E-state index contributed by atoms with van der Waals surface area (Å²) in [6, 6.07) is 4.03. The normalized spacial score (nSPS) is 19.0. The first-order chi connectivity index (χ1) is 9.29. The van der Waals surface area contributed by atoms with E-state index in [-0.39, 0.29) is 11.9 Å². The summed E-state index contributed by atoms with van der Waals surface area (Å²) in [4.78, 5) is 22.1. The van der Waals surface area contributed by atoms with Crippen molar-refractivity contribution in [2.45, 2.75) is 32.2 Å². The zero-order valence-corrected chi connectivity index (χ0v) is 11.7. The molecule has 0 spiro atoms. The van der Waals surface area contributed by atoms with Crippen LogP contribution >= 0.6 is 11.3 Å². The molecule has 4 nitrogen and oxygen atoms in total. The minimum Gasteiger partial charge on any atom is -0.354 e. The predicted molar refractivity (Wildman–Crippen MR) is 75.3 cm³/mol. The van der Waals surface area contributed by atoms with Crippen molar-refractivity contribution in [1.29, 1.82) is 0 Å². The van der Waals surface area contributed by atoms with Gasteiger partial charge in [0.2, 0.25) is 0 Å². The largest absolute Gasteiger partial charge is 0.354 e. The van der Waals surface area contributed by atoms with Crippen molar-refractivity contribution in [3.05, 3.63) is 40.1 Å². The van der Waals surface area contributed by atoms with Crippen LogP contribution in [0.2, 0.25) is 0 Å². The molecule has 1 fully saturated rings. The third-order valence-corrected chi connectivity index (χ3v) is 4.48. The zero-order valence-electron chi connectivity index (χ0n) is 10.9. The van der Waals surface area contributed by atoms with Gasteiger partial charge in [-0.05, 0) is 31.4 Å². The van der Waals surface area contributed by atoms with Crippen molar-refractivity contribution in [2.24, 2.45) is 0 Å². The van der Waals surface area contributed by atoms with Gasteiger partial charge in [0.1, 0.15) is 10.7 Å². The van der Waals surface area contributed by atoms with E-state index in [4.69, 9.17) is 0 Å². The van der Waals surface area contributed by atoms with Gasteiger partial charge in [-0.2, -0.15) is 0 Å². The SMILES string of the molecule is CCc1ccc(C(=O)N2CCCC2c2nccs2)[nH]1. The molecular formula is C14H17N3OS. The number of nitrogens with zero attached hydrogens (tertiary/aromatic N) is 2. The maximum atomic E-state index is 12.6. The van der Waals surface area contributed by atoms with E-state index in [1.807, 2.05) is 28.6 Å². The Labute approximate surface area is 116 Å². The molecule has 0 saturated carbocycles. The van der Waals surface area contributed by atoms with Crippen LogP contribution in [-0.2, 0) is 6.42 Å². The van der Waals surface area contributed by atoms with Crippen LogP contribution in [0.3, 0.4) is 0 Å². The summed E-state index contributed by atoms with van der Waals surface area (Å²) in [7, 11) is 0. The van der Waals surface area contributed by atoms with E-state index in [9.17, 15) is 4.79 Å². The van der Waals surface area contributed by atoms with Gasteiger partial charge < -0.3 is 9.88 Å². The monoisotopic (exact) mass is 275 g/mol. The summed E-state index contributed by atoms with van der Waals surface area (Å²) in [6.45, 7) is 2.90. The van der Waals surface area contributed by atoms with Gasteiger partial charge in [0, 0.05) is 23.8 Å². The van der Waals surface area contributed by atoms with Crippen molar-refractivity contribution in [3.63, 3.8) is 0 Å². The maximum absolute atomic E-state index is 12.6. The van der Waals surface area contributed by atoms with Crippen molar-refractivity contribution in [2.75, 3.05) is 6.54 Å². The van der Waals surface area contributed by atoms with Crippen LogP contribution in [0.1, 0.15) is 47.0 Å². The fourth-order valence-corrected chi connectivity index (χ4v) is 3.38. The van der Waals surface area contributed by atoms with Gasteiger partial charge in [0.25, 0.3) is 5.91 Å². The van der Waals surface area contributed by atoms with Crippen LogP contribution in [0.25, 0.3) is 0 Å². The molecule has 100 valence electrons. The molecular weight excluding hydrogens is 258 g/mol. The van der Waals surface area contributed by atoms with E-state index in [0.29, 0.717) is 5.69 Å².